The van der Waals surface area contributed by atoms with Crippen molar-refractivity contribution < 1.29 is 24.3 Å². The number of imidazole rings is 1. The molecule has 14 nitrogen and oxygen atoms in total. The minimum atomic E-state index is -1.19. The van der Waals surface area contributed by atoms with E-state index < -0.39 is 47.9 Å². The number of aliphatic imine (C=N–C) groups is 1. The molecule has 0 aliphatic heterocycles. The molecule has 5 atom stereocenters. The highest BCUT2D eigenvalue weighted by atomic mass is 32.1. The van der Waals surface area contributed by atoms with Gasteiger partial charge in [-0.2, -0.15) is 12.6 Å². The number of hydrogen-bond acceptors (Lipinski definition) is 8. The molecule has 0 bridgehead atoms. The van der Waals surface area contributed by atoms with Gasteiger partial charge in [0.15, 0.2) is 5.96 Å². The van der Waals surface area contributed by atoms with Crippen molar-refractivity contribution in [3.63, 3.8) is 0 Å². The first-order valence-electron chi connectivity index (χ1n) is 11.5. The molecule has 11 N–H and O–H groups in total. The molecule has 36 heavy (non-hydrogen) atoms. The Kier molecular flexibility index (Phi) is 13.3. The van der Waals surface area contributed by atoms with Crippen molar-refractivity contribution in [2.75, 3.05) is 12.3 Å². The number of H-pyrrole nitrogens is 1. The Balaban J connectivity index is 3.10. The molecule has 0 spiro atoms. The quantitative estimate of drug-likeness (QED) is 0.0491. The third-order valence-electron chi connectivity index (χ3n) is 5.50. The van der Waals surface area contributed by atoms with Crippen LogP contribution in [0.3, 0.4) is 0 Å². The lowest BCUT2D eigenvalue weighted by molar-refractivity contribution is -0.144. The summed E-state index contributed by atoms with van der Waals surface area (Å²) in [6, 6.07) is -4.30. The maximum Gasteiger partial charge on any atom is 0.326 e. The molecule has 3 amide bonds. The average molecular weight is 528 g/mol. The number of carbonyl (C=O) groups is 4. The topological polar surface area (TPSA) is 244 Å². The largest absolute Gasteiger partial charge is 0.480 e. The highest BCUT2D eigenvalue weighted by Crippen LogP contribution is 2.10. The van der Waals surface area contributed by atoms with Gasteiger partial charge in [0.05, 0.1) is 12.4 Å². The molecule has 0 saturated carbocycles. The number of nitrogens with zero attached hydrogens (tertiary/aromatic N) is 2. The fourth-order valence-electron chi connectivity index (χ4n) is 3.17. The van der Waals surface area contributed by atoms with E-state index in [1.165, 1.54) is 12.5 Å². The molecule has 202 valence electrons. The molecule has 0 aromatic carbocycles. The Hall–Kier alpha value is -3.33. The van der Waals surface area contributed by atoms with Gasteiger partial charge >= 0.3 is 5.97 Å². The van der Waals surface area contributed by atoms with Crippen LogP contribution in [0.15, 0.2) is 17.5 Å². The Morgan fingerprint density at radius 2 is 1.78 bits per heavy atom. The SMILES string of the molecule is CCC(C)C(NC(=O)C(CCCN=C(N)N)NC(=O)C(Cc1cnc[nH]1)NC(=O)C(N)CS)C(=O)O. The van der Waals surface area contributed by atoms with Crippen LogP contribution in [0.4, 0.5) is 0 Å². The number of guanidine groups is 1. The third-order valence-corrected chi connectivity index (χ3v) is 5.89. The van der Waals surface area contributed by atoms with Crippen LogP contribution in [-0.4, -0.2) is 81.2 Å². The lowest BCUT2D eigenvalue weighted by Gasteiger charge is -2.26. The summed E-state index contributed by atoms with van der Waals surface area (Å²) >= 11 is 4.00. The number of amides is 3. The van der Waals surface area contributed by atoms with Gasteiger partial charge in [-0.15, -0.1) is 0 Å². The number of carbonyl (C=O) groups excluding carboxylic acids is 3. The minimum Gasteiger partial charge on any atom is -0.480 e. The van der Waals surface area contributed by atoms with Crippen LogP contribution in [0.2, 0.25) is 0 Å². The maximum atomic E-state index is 13.2. The van der Waals surface area contributed by atoms with E-state index in [0.717, 1.165) is 0 Å². The van der Waals surface area contributed by atoms with E-state index in [0.29, 0.717) is 18.5 Å². The second-order valence-electron chi connectivity index (χ2n) is 8.35. The summed E-state index contributed by atoms with van der Waals surface area (Å²) in [6.45, 7) is 3.70. The number of thiol groups is 1. The highest BCUT2D eigenvalue weighted by Gasteiger charge is 2.32. The Morgan fingerprint density at radius 1 is 1.14 bits per heavy atom. The van der Waals surface area contributed by atoms with Crippen molar-refractivity contribution in [2.45, 2.75) is 63.7 Å². The molecule has 0 aliphatic rings. The summed E-state index contributed by atoms with van der Waals surface area (Å²) in [7, 11) is 0. The van der Waals surface area contributed by atoms with Crippen LogP contribution in [0.5, 0.6) is 0 Å². The summed E-state index contributed by atoms with van der Waals surface area (Å²) < 4.78 is 0. The van der Waals surface area contributed by atoms with Gasteiger partial charge in [0.2, 0.25) is 17.7 Å². The molecule has 1 aromatic rings. The predicted molar refractivity (Wildman–Crippen MR) is 137 cm³/mol. The molecular formula is C21H37N9O5S. The zero-order valence-corrected chi connectivity index (χ0v) is 21.3. The number of aromatic amines is 1. The van der Waals surface area contributed by atoms with Gasteiger partial charge in [-0.1, -0.05) is 20.3 Å². The summed E-state index contributed by atoms with van der Waals surface area (Å²) in [5.41, 5.74) is 17.0. The molecule has 0 aliphatic carbocycles. The molecule has 5 unspecified atom stereocenters. The average Bonchev–Trinajstić information content (AvgIpc) is 3.35. The first-order chi connectivity index (χ1) is 17.0. The summed E-state index contributed by atoms with van der Waals surface area (Å²) in [4.78, 5) is 60.9. The van der Waals surface area contributed by atoms with Gasteiger partial charge in [-0.05, 0) is 18.8 Å². The number of rotatable bonds is 16. The smallest absolute Gasteiger partial charge is 0.326 e. The Morgan fingerprint density at radius 3 is 2.31 bits per heavy atom. The summed E-state index contributed by atoms with van der Waals surface area (Å²) in [5, 5.41) is 17.2. The molecule has 1 heterocycles. The lowest BCUT2D eigenvalue weighted by atomic mass is 9.98. The number of carboxylic acid groups (broad SMARTS) is 1. The standard InChI is InChI=1S/C21H37N9O5S/c1-3-11(2)16(20(34)35)30-18(32)14(5-4-6-26-21(23)24)28-19(33)15(7-12-8-25-10-27-12)29-17(31)13(22)9-36/h8,10-11,13-16,36H,3-7,9,22H2,1-2H3,(H,25,27)(H,28,33)(H,29,31)(H,30,32)(H,34,35)(H4,23,24,26). The number of aromatic nitrogens is 2. The van der Waals surface area contributed by atoms with Crippen molar-refractivity contribution in [1.82, 2.24) is 25.9 Å². The van der Waals surface area contributed by atoms with E-state index >= 15 is 0 Å². The first kappa shape index (κ1) is 30.7. The summed E-state index contributed by atoms with van der Waals surface area (Å²) in [6.07, 6.45) is 3.91. The van der Waals surface area contributed by atoms with Crippen LogP contribution in [-0.2, 0) is 25.6 Å². The zero-order valence-electron chi connectivity index (χ0n) is 20.4. The lowest BCUT2D eigenvalue weighted by Crippen LogP contribution is -2.58. The number of carboxylic acids is 1. The molecule has 0 fully saturated rings. The second kappa shape index (κ2) is 15.6. The number of aliphatic carboxylic acids is 1. The van der Waals surface area contributed by atoms with E-state index in [1.54, 1.807) is 13.8 Å². The van der Waals surface area contributed by atoms with Crippen LogP contribution >= 0.6 is 12.6 Å². The second-order valence-corrected chi connectivity index (χ2v) is 8.72. The zero-order chi connectivity index (χ0) is 27.3. The maximum absolute atomic E-state index is 13.2. The van der Waals surface area contributed by atoms with Gasteiger partial charge in [0.25, 0.3) is 0 Å². The van der Waals surface area contributed by atoms with Gasteiger partial charge < -0.3 is 43.2 Å². The predicted octanol–water partition coefficient (Wildman–Crippen LogP) is -2.15. The minimum absolute atomic E-state index is 0.0455. The van der Waals surface area contributed by atoms with Crippen LogP contribution in [0.1, 0.15) is 38.8 Å². The molecule has 0 saturated heterocycles. The van der Waals surface area contributed by atoms with E-state index in [-0.39, 0.29) is 37.0 Å². The first-order valence-corrected chi connectivity index (χ1v) is 12.2. The third kappa shape index (κ3) is 10.5. The van der Waals surface area contributed by atoms with E-state index in [4.69, 9.17) is 17.2 Å². The van der Waals surface area contributed by atoms with Crippen molar-refractivity contribution in [1.29, 1.82) is 0 Å². The molecular weight excluding hydrogens is 490 g/mol. The van der Waals surface area contributed by atoms with E-state index in [9.17, 15) is 24.3 Å². The fourth-order valence-corrected chi connectivity index (χ4v) is 3.33. The van der Waals surface area contributed by atoms with Gasteiger partial charge in [0, 0.05) is 30.6 Å². The normalized spacial score (nSPS) is 15.0. The molecule has 15 heteroatoms. The van der Waals surface area contributed by atoms with E-state index in [2.05, 4.69) is 43.5 Å². The van der Waals surface area contributed by atoms with Crippen molar-refractivity contribution in [3.8, 4) is 0 Å². The van der Waals surface area contributed by atoms with E-state index in [1.807, 2.05) is 0 Å². The Bertz CT molecular complexity index is 892. The molecule has 0 radical (unpaired) electrons. The Labute approximate surface area is 215 Å². The molecule has 1 rings (SSSR count). The van der Waals surface area contributed by atoms with Crippen molar-refractivity contribution in [2.24, 2.45) is 28.1 Å². The van der Waals surface area contributed by atoms with Crippen LogP contribution in [0, 0.1) is 5.92 Å². The highest BCUT2D eigenvalue weighted by molar-refractivity contribution is 7.80. The number of hydrogen-bond donors (Lipinski definition) is 9. The van der Waals surface area contributed by atoms with Crippen molar-refractivity contribution >= 4 is 42.3 Å². The van der Waals surface area contributed by atoms with Crippen molar-refractivity contribution in [3.05, 3.63) is 18.2 Å². The van der Waals surface area contributed by atoms with Gasteiger partial charge in [-0.25, -0.2) is 9.78 Å². The fraction of sp³-hybridized carbons (Fsp3) is 0.619. The van der Waals surface area contributed by atoms with Crippen LogP contribution < -0.4 is 33.2 Å². The number of nitrogens with one attached hydrogen (secondary N) is 4. The number of nitrogens with two attached hydrogens (primary N) is 3. The van der Waals surface area contributed by atoms with Gasteiger partial charge in [-0.3, -0.25) is 19.4 Å². The van der Waals surface area contributed by atoms with Crippen LogP contribution in [0.25, 0.3) is 0 Å². The monoisotopic (exact) mass is 527 g/mol. The van der Waals surface area contributed by atoms with Gasteiger partial charge in [0.1, 0.15) is 18.1 Å². The summed E-state index contributed by atoms with van der Waals surface area (Å²) in [5.74, 6) is -3.53. The molecule has 1 aromatic heterocycles.